The van der Waals surface area contributed by atoms with Crippen molar-refractivity contribution in [2.24, 2.45) is 11.8 Å². The van der Waals surface area contributed by atoms with Gasteiger partial charge in [-0.2, -0.15) is 0 Å². The third kappa shape index (κ3) is 4.52. The van der Waals surface area contributed by atoms with Gasteiger partial charge in [0.15, 0.2) is 0 Å². The molecule has 1 rings (SSSR count). The molecule has 1 aliphatic rings. The van der Waals surface area contributed by atoms with E-state index in [0.29, 0.717) is 5.92 Å². The van der Waals surface area contributed by atoms with Crippen LogP contribution in [0.25, 0.3) is 0 Å². The van der Waals surface area contributed by atoms with Gasteiger partial charge in [-0.25, -0.2) is 0 Å². The molecular formula is C13H25NO2. The number of nitrogens with one attached hydrogen (secondary N) is 1. The summed E-state index contributed by atoms with van der Waals surface area (Å²) in [5.41, 5.74) is 0. The lowest BCUT2D eigenvalue weighted by molar-refractivity contribution is -0.138. The molecule has 0 aromatic carbocycles. The third-order valence-electron chi connectivity index (χ3n) is 3.60. The molecule has 0 aromatic heterocycles. The molecule has 1 fully saturated rings. The minimum atomic E-state index is -0.674. The van der Waals surface area contributed by atoms with Gasteiger partial charge in [0.05, 0.1) is 6.42 Å². The van der Waals surface area contributed by atoms with E-state index in [-0.39, 0.29) is 12.5 Å². The molecule has 1 saturated carbocycles. The molecule has 0 aromatic rings. The van der Waals surface area contributed by atoms with E-state index in [4.69, 9.17) is 5.11 Å². The predicted molar refractivity (Wildman–Crippen MR) is 65.5 cm³/mol. The summed E-state index contributed by atoms with van der Waals surface area (Å²) in [6.45, 7) is 5.33. The van der Waals surface area contributed by atoms with Gasteiger partial charge in [-0.3, -0.25) is 4.79 Å². The normalized spacial score (nSPS) is 27.6. The first-order valence-electron chi connectivity index (χ1n) is 6.58. The summed E-state index contributed by atoms with van der Waals surface area (Å²) in [5, 5.41) is 12.3. The van der Waals surface area contributed by atoms with Crippen LogP contribution < -0.4 is 5.32 Å². The molecule has 2 N–H and O–H groups in total. The molecule has 0 bridgehead atoms. The Labute approximate surface area is 98.6 Å². The Bertz CT molecular complexity index is 218. The van der Waals surface area contributed by atoms with E-state index < -0.39 is 5.97 Å². The zero-order chi connectivity index (χ0) is 12.0. The van der Waals surface area contributed by atoms with Crippen molar-refractivity contribution in [3.05, 3.63) is 0 Å². The summed E-state index contributed by atoms with van der Waals surface area (Å²) < 4.78 is 0. The Morgan fingerprint density at radius 2 is 2.25 bits per heavy atom. The highest BCUT2D eigenvalue weighted by atomic mass is 16.4. The Morgan fingerprint density at radius 1 is 1.50 bits per heavy atom. The number of aliphatic carboxylic acids is 1. The molecule has 0 saturated heterocycles. The molecule has 16 heavy (non-hydrogen) atoms. The molecule has 0 radical (unpaired) electrons. The van der Waals surface area contributed by atoms with Crippen molar-refractivity contribution in [3.63, 3.8) is 0 Å². The molecule has 1 aliphatic carbocycles. The summed E-state index contributed by atoms with van der Waals surface area (Å²) >= 11 is 0. The first-order valence-corrected chi connectivity index (χ1v) is 6.58. The molecule has 0 heterocycles. The van der Waals surface area contributed by atoms with Crippen molar-refractivity contribution < 1.29 is 9.90 Å². The molecular weight excluding hydrogens is 202 g/mol. The molecule has 94 valence electrons. The van der Waals surface area contributed by atoms with Crippen LogP contribution in [-0.4, -0.2) is 23.7 Å². The van der Waals surface area contributed by atoms with Crippen LogP contribution in [0.1, 0.15) is 52.4 Å². The van der Waals surface area contributed by atoms with Crippen LogP contribution in [0.3, 0.4) is 0 Å². The summed E-state index contributed by atoms with van der Waals surface area (Å²) in [6.07, 6.45) is 6.29. The number of carboxylic acids is 1. The van der Waals surface area contributed by atoms with Crippen LogP contribution >= 0.6 is 0 Å². The molecule has 3 nitrogen and oxygen atoms in total. The monoisotopic (exact) mass is 227 g/mol. The van der Waals surface area contributed by atoms with Gasteiger partial charge in [-0.15, -0.1) is 0 Å². The predicted octanol–water partition coefficient (Wildman–Crippen LogP) is 2.66. The highest BCUT2D eigenvalue weighted by Gasteiger charge is 2.27. The second kappa shape index (κ2) is 6.89. The number of rotatable bonds is 6. The maximum Gasteiger partial charge on any atom is 0.304 e. The van der Waals surface area contributed by atoms with Crippen LogP contribution in [0.15, 0.2) is 0 Å². The van der Waals surface area contributed by atoms with E-state index in [9.17, 15) is 4.79 Å². The van der Waals surface area contributed by atoms with E-state index in [1.165, 1.54) is 25.7 Å². The average molecular weight is 227 g/mol. The average Bonchev–Trinajstić information content (AvgIpc) is 2.23. The van der Waals surface area contributed by atoms with Crippen molar-refractivity contribution in [2.75, 3.05) is 6.54 Å². The van der Waals surface area contributed by atoms with E-state index >= 15 is 0 Å². The third-order valence-corrected chi connectivity index (χ3v) is 3.60. The van der Waals surface area contributed by atoms with E-state index in [2.05, 4.69) is 19.2 Å². The Morgan fingerprint density at radius 3 is 2.81 bits per heavy atom. The molecule has 0 aliphatic heterocycles. The maximum absolute atomic E-state index is 10.9. The van der Waals surface area contributed by atoms with Gasteiger partial charge in [-0.1, -0.05) is 26.7 Å². The smallest absolute Gasteiger partial charge is 0.304 e. The van der Waals surface area contributed by atoms with E-state index in [1.807, 2.05) is 0 Å². The Hall–Kier alpha value is -0.570. The van der Waals surface area contributed by atoms with Crippen LogP contribution in [-0.2, 0) is 4.79 Å². The van der Waals surface area contributed by atoms with Crippen LogP contribution in [0.5, 0.6) is 0 Å². The lowest BCUT2D eigenvalue weighted by atomic mass is 9.77. The lowest BCUT2D eigenvalue weighted by Gasteiger charge is -2.33. The van der Waals surface area contributed by atoms with E-state index in [0.717, 1.165) is 18.9 Å². The highest BCUT2D eigenvalue weighted by molar-refractivity contribution is 5.67. The van der Waals surface area contributed by atoms with Gasteiger partial charge >= 0.3 is 5.97 Å². The fourth-order valence-electron chi connectivity index (χ4n) is 2.77. The van der Waals surface area contributed by atoms with Crippen molar-refractivity contribution in [1.82, 2.24) is 5.32 Å². The number of carbonyl (C=O) groups is 1. The Balaban J connectivity index is 2.48. The van der Waals surface area contributed by atoms with Gasteiger partial charge in [-0.05, 0) is 37.6 Å². The summed E-state index contributed by atoms with van der Waals surface area (Å²) in [6, 6.07) is 0.181. The fourth-order valence-corrected chi connectivity index (χ4v) is 2.77. The molecule has 3 unspecified atom stereocenters. The second-order valence-corrected chi connectivity index (χ2v) is 5.19. The largest absolute Gasteiger partial charge is 0.481 e. The van der Waals surface area contributed by atoms with Crippen molar-refractivity contribution in [1.29, 1.82) is 0 Å². The minimum Gasteiger partial charge on any atom is -0.481 e. The topological polar surface area (TPSA) is 49.3 Å². The van der Waals surface area contributed by atoms with Crippen molar-refractivity contribution in [2.45, 2.75) is 58.4 Å². The molecule has 0 amide bonds. The van der Waals surface area contributed by atoms with Crippen LogP contribution in [0.4, 0.5) is 0 Å². The Kier molecular flexibility index (Phi) is 5.81. The summed E-state index contributed by atoms with van der Waals surface area (Å²) in [7, 11) is 0. The highest BCUT2D eigenvalue weighted by Crippen LogP contribution is 2.31. The van der Waals surface area contributed by atoms with Gasteiger partial charge < -0.3 is 10.4 Å². The van der Waals surface area contributed by atoms with Crippen LogP contribution in [0.2, 0.25) is 0 Å². The minimum absolute atomic E-state index is 0.181. The first-order chi connectivity index (χ1) is 7.63. The quantitative estimate of drug-likeness (QED) is 0.733. The second-order valence-electron chi connectivity index (χ2n) is 5.19. The van der Waals surface area contributed by atoms with Gasteiger partial charge in [0, 0.05) is 6.04 Å². The zero-order valence-corrected chi connectivity index (χ0v) is 10.5. The SMILES string of the molecule is CCCNC(CC(=O)O)C1CCCC(C)C1. The fraction of sp³-hybridized carbons (Fsp3) is 0.923. The van der Waals surface area contributed by atoms with Crippen molar-refractivity contribution in [3.8, 4) is 0 Å². The standard InChI is InChI=1S/C13H25NO2/c1-3-7-14-12(9-13(15)16)11-6-4-5-10(2)8-11/h10-12,14H,3-9H2,1-2H3,(H,15,16). The van der Waals surface area contributed by atoms with Gasteiger partial charge in [0.25, 0.3) is 0 Å². The number of carboxylic acid groups (broad SMARTS) is 1. The van der Waals surface area contributed by atoms with Gasteiger partial charge in [0.2, 0.25) is 0 Å². The van der Waals surface area contributed by atoms with Crippen molar-refractivity contribution >= 4 is 5.97 Å². The van der Waals surface area contributed by atoms with Crippen LogP contribution in [0, 0.1) is 11.8 Å². The number of hydrogen-bond donors (Lipinski definition) is 2. The lowest BCUT2D eigenvalue weighted by Crippen LogP contribution is -2.40. The molecule has 0 spiro atoms. The first kappa shape index (κ1) is 13.5. The summed E-state index contributed by atoms with van der Waals surface area (Å²) in [4.78, 5) is 10.9. The molecule has 3 atom stereocenters. The summed E-state index contributed by atoms with van der Waals surface area (Å²) in [5.74, 6) is 0.650. The number of hydrogen-bond acceptors (Lipinski definition) is 2. The van der Waals surface area contributed by atoms with E-state index in [1.54, 1.807) is 0 Å². The molecule has 3 heteroatoms. The van der Waals surface area contributed by atoms with Gasteiger partial charge in [0.1, 0.15) is 0 Å². The zero-order valence-electron chi connectivity index (χ0n) is 10.5. The maximum atomic E-state index is 10.9.